The van der Waals surface area contributed by atoms with Crippen molar-refractivity contribution < 1.29 is 29.4 Å². The number of carboxylic acid groups (broad SMARTS) is 2. The zero-order valence-electron chi connectivity index (χ0n) is 11.4. The molecule has 0 heterocycles. The number of hydrogen-bond acceptors (Lipinski definition) is 7. The molecular formula is C10H16N4O7S. The van der Waals surface area contributed by atoms with Crippen LogP contribution in [0.1, 0.15) is 12.8 Å². The molecule has 124 valence electrons. The van der Waals surface area contributed by atoms with Gasteiger partial charge >= 0.3 is 18.0 Å². The number of carbonyl (C=O) groups excluding carboxylic acids is 2. The van der Waals surface area contributed by atoms with Crippen molar-refractivity contribution in [2.24, 2.45) is 4.58 Å². The molecule has 0 aromatic carbocycles. The van der Waals surface area contributed by atoms with Crippen molar-refractivity contribution in [3.8, 4) is 0 Å². The SMILES string of the molecule is O=NSC[C@H](NC(=O)NCCCC(=O)O)C(=O)NCC(=O)O. The van der Waals surface area contributed by atoms with Gasteiger partial charge in [0, 0.05) is 35.2 Å². The third kappa shape index (κ3) is 10.4. The summed E-state index contributed by atoms with van der Waals surface area (Å²) in [4.78, 5) is 53.9. The molecule has 0 rings (SSSR count). The van der Waals surface area contributed by atoms with Crippen molar-refractivity contribution in [3.05, 3.63) is 4.91 Å². The van der Waals surface area contributed by atoms with Gasteiger partial charge in [-0.25, -0.2) is 4.79 Å². The molecule has 11 nitrogen and oxygen atoms in total. The van der Waals surface area contributed by atoms with Gasteiger partial charge in [0.2, 0.25) is 5.91 Å². The van der Waals surface area contributed by atoms with Crippen molar-refractivity contribution in [2.45, 2.75) is 18.9 Å². The van der Waals surface area contributed by atoms with Crippen LogP contribution in [0.5, 0.6) is 0 Å². The number of hydrogen-bond donors (Lipinski definition) is 5. The second-order valence-corrected chi connectivity index (χ2v) is 4.67. The number of rotatable bonds is 11. The Balaban J connectivity index is 4.28. The molecule has 0 aromatic rings. The van der Waals surface area contributed by atoms with Gasteiger partial charge in [0.25, 0.3) is 0 Å². The maximum Gasteiger partial charge on any atom is 0.322 e. The predicted molar refractivity (Wildman–Crippen MR) is 76.1 cm³/mol. The van der Waals surface area contributed by atoms with Crippen molar-refractivity contribution in [3.63, 3.8) is 0 Å². The van der Waals surface area contributed by atoms with Crippen LogP contribution in [0.4, 0.5) is 4.79 Å². The molecular weight excluding hydrogens is 320 g/mol. The van der Waals surface area contributed by atoms with Crippen LogP contribution in [0.2, 0.25) is 0 Å². The Bertz CT molecular complexity index is 431. The minimum Gasteiger partial charge on any atom is -0.481 e. The topological polar surface area (TPSA) is 174 Å². The molecule has 1 atom stereocenters. The number of nitrogens with one attached hydrogen (secondary N) is 3. The van der Waals surface area contributed by atoms with Crippen LogP contribution in [-0.2, 0) is 14.4 Å². The highest BCUT2D eigenvalue weighted by atomic mass is 32.2. The summed E-state index contributed by atoms with van der Waals surface area (Å²) in [5.41, 5.74) is 0. The lowest BCUT2D eigenvalue weighted by atomic mass is 10.3. The van der Waals surface area contributed by atoms with Gasteiger partial charge in [0.1, 0.15) is 12.6 Å². The molecule has 0 saturated carbocycles. The minimum atomic E-state index is -1.26. The van der Waals surface area contributed by atoms with E-state index in [4.69, 9.17) is 10.2 Å². The molecule has 0 saturated heterocycles. The fourth-order valence-electron chi connectivity index (χ4n) is 1.22. The van der Waals surface area contributed by atoms with E-state index in [9.17, 15) is 24.1 Å². The lowest BCUT2D eigenvalue weighted by molar-refractivity contribution is -0.138. The Morgan fingerprint density at radius 3 is 2.32 bits per heavy atom. The van der Waals surface area contributed by atoms with Crippen LogP contribution in [-0.4, -0.2) is 59.0 Å². The number of nitrogens with zero attached hydrogens (tertiary/aromatic N) is 1. The summed E-state index contributed by atoms with van der Waals surface area (Å²) < 4.78 is 2.49. The van der Waals surface area contributed by atoms with Crippen LogP contribution in [0.3, 0.4) is 0 Å². The number of urea groups is 1. The number of aliphatic carboxylic acids is 2. The fourth-order valence-corrected chi connectivity index (χ4v) is 1.67. The van der Waals surface area contributed by atoms with Crippen molar-refractivity contribution in [1.29, 1.82) is 0 Å². The zero-order valence-corrected chi connectivity index (χ0v) is 12.2. The highest BCUT2D eigenvalue weighted by Crippen LogP contribution is 2.03. The smallest absolute Gasteiger partial charge is 0.322 e. The Hall–Kier alpha value is -2.37. The average molecular weight is 336 g/mol. The van der Waals surface area contributed by atoms with Gasteiger partial charge in [-0.2, -0.15) is 0 Å². The molecule has 0 aromatic heterocycles. The summed E-state index contributed by atoms with van der Waals surface area (Å²) in [6, 6.07) is -1.89. The lowest BCUT2D eigenvalue weighted by Crippen LogP contribution is -2.52. The quantitative estimate of drug-likeness (QED) is 0.184. The third-order valence-electron chi connectivity index (χ3n) is 2.18. The summed E-state index contributed by atoms with van der Waals surface area (Å²) in [7, 11) is 0. The first-order valence-electron chi connectivity index (χ1n) is 6.07. The number of nitroso groups, excluding NO2 is 1. The molecule has 22 heavy (non-hydrogen) atoms. The van der Waals surface area contributed by atoms with Gasteiger partial charge in [-0.1, -0.05) is 0 Å². The van der Waals surface area contributed by atoms with E-state index in [1.807, 2.05) is 0 Å². The van der Waals surface area contributed by atoms with E-state index in [0.717, 1.165) is 0 Å². The maximum atomic E-state index is 11.7. The van der Waals surface area contributed by atoms with Crippen LogP contribution < -0.4 is 16.0 Å². The summed E-state index contributed by atoms with van der Waals surface area (Å²) in [6.07, 6.45) is 0.0942. The van der Waals surface area contributed by atoms with Crippen molar-refractivity contribution in [1.82, 2.24) is 16.0 Å². The Morgan fingerprint density at radius 1 is 1.09 bits per heavy atom. The second kappa shape index (κ2) is 11.3. The summed E-state index contributed by atoms with van der Waals surface area (Å²) in [5, 5.41) is 23.5. The number of carboxylic acids is 2. The zero-order chi connectivity index (χ0) is 17.0. The highest BCUT2D eigenvalue weighted by Gasteiger charge is 2.21. The molecule has 12 heteroatoms. The summed E-state index contributed by atoms with van der Waals surface area (Å²) in [6.45, 7) is -0.545. The van der Waals surface area contributed by atoms with Gasteiger partial charge in [-0.05, 0) is 6.42 Å². The average Bonchev–Trinajstić information content (AvgIpc) is 2.45. The van der Waals surface area contributed by atoms with Gasteiger partial charge in [0.05, 0.1) is 0 Å². The van der Waals surface area contributed by atoms with Crippen LogP contribution in [0.15, 0.2) is 4.58 Å². The van der Waals surface area contributed by atoms with Crippen LogP contribution >= 0.6 is 11.9 Å². The molecule has 0 fully saturated rings. The monoisotopic (exact) mass is 336 g/mol. The first-order valence-corrected chi connectivity index (χ1v) is 7.01. The molecule has 0 bridgehead atoms. The lowest BCUT2D eigenvalue weighted by Gasteiger charge is -2.16. The normalized spacial score (nSPS) is 11.1. The van der Waals surface area contributed by atoms with E-state index in [2.05, 4.69) is 20.5 Å². The molecule has 0 radical (unpaired) electrons. The second-order valence-electron chi connectivity index (χ2n) is 3.93. The van der Waals surface area contributed by atoms with E-state index in [1.165, 1.54) is 0 Å². The Kier molecular flexibility index (Phi) is 10.1. The molecule has 0 unspecified atom stereocenters. The minimum absolute atomic E-state index is 0.0840. The van der Waals surface area contributed by atoms with Gasteiger partial charge in [-0.3, -0.25) is 14.4 Å². The largest absolute Gasteiger partial charge is 0.481 e. The maximum absolute atomic E-state index is 11.7. The highest BCUT2D eigenvalue weighted by molar-refractivity contribution is 7.97. The van der Waals surface area contributed by atoms with Gasteiger partial charge in [0.15, 0.2) is 0 Å². The Labute approximate surface area is 129 Å². The fraction of sp³-hybridized carbons (Fsp3) is 0.600. The molecule has 0 aliphatic heterocycles. The van der Waals surface area contributed by atoms with Crippen LogP contribution in [0.25, 0.3) is 0 Å². The van der Waals surface area contributed by atoms with Crippen molar-refractivity contribution in [2.75, 3.05) is 18.8 Å². The molecule has 5 N–H and O–H groups in total. The van der Waals surface area contributed by atoms with E-state index in [-0.39, 0.29) is 25.1 Å². The first kappa shape index (κ1) is 19.6. The molecule has 0 aliphatic rings. The Morgan fingerprint density at radius 2 is 1.77 bits per heavy atom. The molecule has 0 aliphatic carbocycles. The summed E-state index contributed by atoms with van der Waals surface area (Å²) >= 11 is 0.494. The van der Waals surface area contributed by atoms with E-state index in [0.29, 0.717) is 11.9 Å². The van der Waals surface area contributed by atoms with E-state index >= 15 is 0 Å². The standard InChI is InChI=1S/C10H16N4O7S/c15-7(16)2-1-3-11-10(20)13-6(5-22-14-21)9(19)12-4-8(17)18/h6H,1-5H2,(H,12,19)(H,15,16)(H,17,18)(H2,11,13,20)/t6-/m0/s1. The van der Waals surface area contributed by atoms with E-state index in [1.54, 1.807) is 0 Å². The molecule has 0 spiro atoms. The number of amides is 3. The molecule has 3 amide bonds. The van der Waals surface area contributed by atoms with Gasteiger partial charge < -0.3 is 26.2 Å². The third-order valence-corrected chi connectivity index (χ3v) is 2.77. The van der Waals surface area contributed by atoms with Gasteiger partial charge in [-0.15, -0.1) is 4.91 Å². The first-order chi connectivity index (χ1) is 10.4. The predicted octanol–water partition coefficient (Wildman–Crippen LogP) is -0.866. The summed E-state index contributed by atoms with van der Waals surface area (Å²) in [5.74, 6) is -3.20. The van der Waals surface area contributed by atoms with Crippen LogP contribution in [0, 0.1) is 4.91 Å². The number of carbonyl (C=O) groups is 4. The van der Waals surface area contributed by atoms with Crippen molar-refractivity contribution >= 4 is 35.8 Å². The van der Waals surface area contributed by atoms with E-state index < -0.39 is 36.5 Å².